The number of carbonyl (C=O) groups excluding carboxylic acids is 5. The Hall–Kier alpha value is -4.59. The molecule has 1 aliphatic rings. The highest BCUT2D eigenvalue weighted by Crippen LogP contribution is 2.41. The summed E-state index contributed by atoms with van der Waals surface area (Å²) in [5, 5.41) is 0. The lowest BCUT2D eigenvalue weighted by Gasteiger charge is -2.43. The van der Waals surface area contributed by atoms with E-state index in [2.05, 4.69) is 0 Å². The number of esters is 2. The normalized spacial score (nSPS) is 13.7. The largest absolute Gasteiger partial charge is 0.464 e. The third kappa shape index (κ3) is 5.10. The van der Waals surface area contributed by atoms with E-state index < -0.39 is 23.4 Å². The highest BCUT2D eigenvalue weighted by Gasteiger charge is 2.57. The van der Waals surface area contributed by atoms with Crippen LogP contribution in [0.25, 0.3) is 22.3 Å². The maximum absolute atomic E-state index is 13.4. The fourth-order valence-electron chi connectivity index (χ4n) is 4.97. The summed E-state index contributed by atoms with van der Waals surface area (Å²) in [5.41, 5.74) is 3.81. The van der Waals surface area contributed by atoms with Gasteiger partial charge >= 0.3 is 11.9 Å². The number of nitrogens with zero attached hydrogens (tertiary/aromatic N) is 1. The van der Waals surface area contributed by atoms with Gasteiger partial charge in [-0.25, -0.2) is 9.59 Å². The van der Waals surface area contributed by atoms with E-state index in [-0.39, 0.29) is 26.2 Å². The van der Waals surface area contributed by atoms with E-state index in [9.17, 15) is 24.0 Å². The van der Waals surface area contributed by atoms with E-state index in [1.807, 2.05) is 36.4 Å². The lowest BCUT2D eigenvalue weighted by atomic mass is 9.79. The molecule has 39 heavy (non-hydrogen) atoms. The summed E-state index contributed by atoms with van der Waals surface area (Å²) in [7, 11) is 0. The number of carbonyl (C=O) groups is 5. The first kappa shape index (κ1) is 27.4. The minimum atomic E-state index is -1.96. The van der Waals surface area contributed by atoms with E-state index in [1.165, 1.54) is 11.8 Å². The van der Waals surface area contributed by atoms with Crippen molar-refractivity contribution in [3.05, 3.63) is 82.9 Å². The molecule has 0 unspecified atom stereocenters. The lowest BCUT2D eigenvalue weighted by molar-refractivity contribution is -0.180. The van der Waals surface area contributed by atoms with Crippen molar-refractivity contribution in [3.8, 4) is 22.3 Å². The first-order chi connectivity index (χ1) is 18.8. The molecule has 0 bridgehead atoms. The Morgan fingerprint density at radius 3 is 1.59 bits per heavy atom. The Kier molecular flexibility index (Phi) is 8.04. The second-order valence-corrected chi connectivity index (χ2v) is 9.23. The van der Waals surface area contributed by atoms with Crippen molar-refractivity contribution in [2.75, 3.05) is 13.2 Å². The van der Waals surface area contributed by atoms with E-state index >= 15 is 0 Å². The molecule has 200 valence electrons. The summed E-state index contributed by atoms with van der Waals surface area (Å²) in [6, 6.07) is 18.0. The summed E-state index contributed by atoms with van der Waals surface area (Å²) >= 11 is 0. The molecule has 3 aromatic carbocycles. The minimum absolute atomic E-state index is 0.00786. The third-order valence-electron chi connectivity index (χ3n) is 6.90. The van der Waals surface area contributed by atoms with Crippen LogP contribution >= 0.6 is 0 Å². The summed E-state index contributed by atoms with van der Waals surface area (Å²) in [6.07, 6.45) is 1.41. The fraction of sp³-hybridized carbons (Fsp3) is 0.258. The van der Waals surface area contributed by atoms with Gasteiger partial charge in [0.15, 0.2) is 0 Å². The molecule has 0 radical (unpaired) electrons. The predicted octanol–water partition coefficient (Wildman–Crippen LogP) is 4.42. The Morgan fingerprint density at radius 1 is 0.769 bits per heavy atom. The molecular weight excluding hydrogens is 498 g/mol. The van der Waals surface area contributed by atoms with Crippen molar-refractivity contribution in [2.24, 2.45) is 0 Å². The van der Waals surface area contributed by atoms with E-state index in [1.54, 1.807) is 38.1 Å². The number of hydrogen-bond donors (Lipinski definition) is 0. The molecular formula is C31H29NO7. The van der Waals surface area contributed by atoms with Crippen molar-refractivity contribution in [1.29, 1.82) is 0 Å². The van der Waals surface area contributed by atoms with Gasteiger partial charge in [-0.2, -0.15) is 0 Å². The number of aldehydes is 2. The molecule has 8 nitrogen and oxygen atoms in total. The van der Waals surface area contributed by atoms with Gasteiger partial charge in [-0.1, -0.05) is 54.6 Å². The molecule has 0 atom stereocenters. The van der Waals surface area contributed by atoms with Gasteiger partial charge in [-0.15, -0.1) is 0 Å². The average Bonchev–Trinajstić information content (AvgIpc) is 2.96. The van der Waals surface area contributed by atoms with Crippen molar-refractivity contribution in [3.63, 3.8) is 0 Å². The van der Waals surface area contributed by atoms with Crippen LogP contribution in [0.5, 0.6) is 0 Å². The van der Waals surface area contributed by atoms with Crippen molar-refractivity contribution in [1.82, 2.24) is 4.90 Å². The van der Waals surface area contributed by atoms with Gasteiger partial charge in [0.05, 0.1) is 13.2 Å². The number of ether oxygens (including phenoxy) is 2. The van der Waals surface area contributed by atoms with Crippen molar-refractivity contribution < 1.29 is 33.4 Å². The quantitative estimate of drug-likeness (QED) is 0.243. The summed E-state index contributed by atoms with van der Waals surface area (Å²) in [5.74, 6) is -2.14. The second kappa shape index (κ2) is 11.4. The molecule has 0 saturated carbocycles. The van der Waals surface area contributed by atoms with E-state index in [4.69, 9.17) is 9.47 Å². The van der Waals surface area contributed by atoms with E-state index in [0.717, 1.165) is 40.4 Å². The van der Waals surface area contributed by atoms with Crippen LogP contribution in [0.2, 0.25) is 0 Å². The Bertz CT molecular complexity index is 1410. The number of hydrogen-bond acceptors (Lipinski definition) is 7. The zero-order valence-electron chi connectivity index (χ0n) is 22.1. The van der Waals surface area contributed by atoms with Gasteiger partial charge in [0.1, 0.15) is 12.6 Å². The molecule has 1 aliphatic heterocycles. The maximum atomic E-state index is 13.4. The second-order valence-electron chi connectivity index (χ2n) is 9.23. The zero-order chi connectivity index (χ0) is 28.2. The van der Waals surface area contributed by atoms with Gasteiger partial charge < -0.3 is 14.4 Å². The van der Waals surface area contributed by atoms with Crippen molar-refractivity contribution in [2.45, 2.75) is 39.3 Å². The van der Waals surface area contributed by atoms with Crippen LogP contribution in [0.15, 0.2) is 60.7 Å². The number of amides is 1. The van der Waals surface area contributed by atoms with Crippen LogP contribution < -0.4 is 0 Å². The van der Waals surface area contributed by atoms with Crippen LogP contribution in [0.4, 0.5) is 0 Å². The molecule has 0 fully saturated rings. The molecule has 0 aromatic heterocycles. The van der Waals surface area contributed by atoms with Crippen LogP contribution in [0.1, 0.15) is 52.6 Å². The first-order valence-corrected chi connectivity index (χ1v) is 12.7. The summed E-state index contributed by atoms with van der Waals surface area (Å²) in [6.45, 7) is 4.63. The van der Waals surface area contributed by atoms with Gasteiger partial charge in [-0.3, -0.25) is 14.4 Å². The van der Waals surface area contributed by atoms with Crippen LogP contribution in [0, 0.1) is 0 Å². The molecule has 0 spiro atoms. The Balaban J connectivity index is 1.96. The Labute approximate surface area is 226 Å². The lowest BCUT2D eigenvalue weighted by Crippen LogP contribution is -2.65. The van der Waals surface area contributed by atoms with Crippen molar-refractivity contribution >= 4 is 30.4 Å². The topological polar surface area (TPSA) is 107 Å². The molecule has 0 aliphatic carbocycles. The molecule has 0 saturated heterocycles. The first-order valence-electron chi connectivity index (χ1n) is 12.7. The number of benzene rings is 3. The summed E-state index contributed by atoms with van der Waals surface area (Å²) in [4.78, 5) is 63.3. The highest BCUT2D eigenvalue weighted by atomic mass is 16.6. The highest BCUT2D eigenvalue weighted by molar-refractivity contribution is 6.08. The maximum Gasteiger partial charge on any atom is 0.344 e. The number of rotatable bonds is 8. The van der Waals surface area contributed by atoms with E-state index in [0.29, 0.717) is 16.7 Å². The monoisotopic (exact) mass is 527 g/mol. The molecule has 1 heterocycles. The molecule has 8 heteroatoms. The summed E-state index contributed by atoms with van der Waals surface area (Å²) < 4.78 is 10.6. The van der Waals surface area contributed by atoms with Gasteiger partial charge in [0, 0.05) is 31.0 Å². The standard InChI is InChI=1S/C31H29NO7/c1-4-38-29(36)31(30(37)39-5-2)16-25-14-27(23-10-6-21(18-33)7-11-23)28(15-26(25)17-32(31)20(3)35)24-12-8-22(19-34)9-13-24/h6-15,18-19H,4-5,16-17H2,1-3H3. The SMILES string of the molecule is CCOC(=O)C1(C(=O)OCC)Cc2cc(-c3ccc(C=O)cc3)c(-c3ccc(C=O)cc3)cc2CN1C(C)=O. The molecule has 0 N–H and O–H groups in total. The zero-order valence-corrected chi connectivity index (χ0v) is 22.1. The third-order valence-corrected chi connectivity index (χ3v) is 6.90. The molecule has 3 aromatic rings. The molecule has 1 amide bonds. The average molecular weight is 528 g/mol. The predicted molar refractivity (Wildman–Crippen MR) is 144 cm³/mol. The van der Waals surface area contributed by atoms with Gasteiger partial charge in [0.25, 0.3) is 0 Å². The molecule has 4 rings (SSSR count). The van der Waals surface area contributed by atoms with Crippen LogP contribution in [-0.4, -0.2) is 54.1 Å². The fourth-order valence-corrected chi connectivity index (χ4v) is 4.97. The van der Waals surface area contributed by atoms with Gasteiger partial charge in [-0.05, 0) is 53.3 Å². The van der Waals surface area contributed by atoms with Gasteiger partial charge in [0.2, 0.25) is 11.4 Å². The smallest absolute Gasteiger partial charge is 0.344 e. The number of fused-ring (bicyclic) bond motifs is 1. The Morgan fingerprint density at radius 2 is 1.21 bits per heavy atom. The van der Waals surface area contributed by atoms with Crippen LogP contribution in [0.3, 0.4) is 0 Å². The van der Waals surface area contributed by atoms with Crippen LogP contribution in [-0.2, 0) is 36.8 Å². The minimum Gasteiger partial charge on any atom is -0.464 e.